The molecule has 0 saturated carbocycles. The molecule has 0 spiro atoms. The molecule has 0 rings (SSSR count). The molecule has 0 bridgehead atoms. The van der Waals surface area contributed by atoms with E-state index in [1.54, 1.807) is 0 Å². The van der Waals surface area contributed by atoms with Crippen LogP contribution in [0.1, 0.15) is 12.8 Å². The lowest BCUT2D eigenvalue weighted by Gasteiger charge is -2.12. The van der Waals surface area contributed by atoms with Gasteiger partial charge >= 0.3 is 5.97 Å². The summed E-state index contributed by atoms with van der Waals surface area (Å²) in [5, 5.41) is 21.6. The van der Waals surface area contributed by atoms with Crippen LogP contribution >= 0.6 is 0 Å². The number of aliphatic carboxylic acids is 1. The first kappa shape index (κ1) is 13.8. The minimum atomic E-state index is -1.05. The first-order chi connectivity index (χ1) is 7.43. The van der Waals surface area contributed by atoms with Crippen molar-refractivity contribution in [2.75, 3.05) is 6.54 Å². The number of hydrazone groups is 1. The lowest BCUT2D eigenvalue weighted by molar-refractivity contribution is -0.139. The minimum absolute atomic E-state index is 0.149. The Bertz CT molecular complexity index is 274. The van der Waals surface area contributed by atoms with E-state index < -0.39 is 12.0 Å². The molecule has 0 heterocycles. The first-order valence-corrected chi connectivity index (χ1v) is 4.58. The maximum absolute atomic E-state index is 10.7. The third kappa shape index (κ3) is 7.24. The maximum atomic E-state index is 10.7. The molecule has 16 heavy (non-hydrogen) atoms. The van der Waals surface area contributed by atoms with Gasteiger partial charge in [0.1, 0.15) is 6.04 Å². The summed E-state index contributed by atoms with van der Waals surface area (Å²) in [5.41, 5.74) is 17.5. The fraction of sp³-hybridized carbons (Fsp3) is 0.571. The van der Waals surface area contributed by atoms with Gasteiger partial charge < -0.3 is 27.6 Å². The lowest BCUT2D eigenvalue weighted by atomic mass is 10.1. The van der Waals surface area contributed by atoms with Crippen LogP contribution in [0.4, 0.5) is 0 Å². The van der Waals surface area contributed by atoms with E-state index in [4.69, 9.17) is 27.7 Å². The molecule has 0 aromatic rings. The van der Waals surface area contributed by atoms with Crippen molar-refractivity contribution in [1.29, 1.82) is 5.41 Å². The van der Waals surface area contributed by atoms with E-state index in [-0.39, 0.29) is 11.9 Å². The maximum Gasteiger partial charge on any atom is 0.327 e. The second kappa shape index (κ2) is 7.15. The van der Waals surface area contributed by atoms with Gasteiger partial charge in [-0.1, -0.05) is 0 Å². The van der Waals surface area contributed by atoms with Crippen molar-refractivity contribution in [1.82, 2.24) is 10.7 Å². The van der Waals surface area contributed by atoms with E-state index >= 15 is 0 Å². The zero-order chi connectivity index (χ0) is 12.6. The molecule has 0 amide bonds. The van der Waals surface area contributed by atoms with Crippen LogP contribution in [0, 0.1) is 5.41 Å². The predicted molar refractivity (Wildman–Crippen MR) is 59.5 cm³/mol. The van der Waals surface area contributed by atoms with Gasteiger partial charge in [0.25, 0.3) is 0 Å². The highest BCUT2D eigenvalue weighted by Crippen LogP contribution is 1.96. The molecule has 9 nitrogen and oxygen atoms in total. The summed E-state index contributed by atoms with van der Waals surface area (Å²) >= 11 is 0. The Morgan fingerprint density at radius 3 is 2.50 bits per heavy atom. The number of nitrogens with one attached hydrogen (secondary N) is 3. The average Bonchev–Trinajstić information content (AvgIpc) is 2.15. The van der Waals surface area contributed by atoms with Gasteiger partial charge in [0, 0.05) is 6.54 Å². The highest BCUT2D eigenvalue weighted by molar-refractivity contribution is 5.77. The number of rotatable bonds is 7. The van der Waals surface area contributed by atoms with E-state index in [1.807, 2.05) is 0 Å². The van der Waals surface area contributed by atoms with Gasteiger partial charge in [-0.05, 0) is 12.8 Å². The molecule has 9 heteroatoms. The van der Waals surface area contributed by atoms with Crippen LogP contribution in [0.2, 0.25) is 0 Å². The Morgan fingerprint density at radius 1 is 1.44 bits per heavy atom. The van der Waals surface area contributed by atoms with Crippen molar-refractivity contribution in [2.45, 2.75) is 18.9 Å². The number of hydrogen-bond donors (Lipinski definition) is 7. The average molecular weight is 231 g/mol. The van der Waals surface area contributed by atoms with E-state index in [2.05, 4.69) is 15.8 Å². The van der Waals surface area contributed by atoms with Gasteiger partial charge in [0.15, 0.2) is 5.96 Å². The summed E-state index contributed by atoms with van der Waals surface area (Å²) in [4.78, 5) is 10.7. The Labute approximate surface area is 92.6 Å². The van der Waals surface area contributed by atoms with E-state index in [0.717, 1.165) is 0 Å². The summed E-state index contributed by atoms with van der Waals surface area (Å²) in [5.74, 6) is -1.43. The molecule has 0 radical (unpaired) electrons. The molecular weight excluding hydrogens is 214 g/mol. The van der Waals surface area contributed by atoms with Gasteiger partial charge in [-0.25, -0.2) is 4.79 Å². The van der Waals surface area contributed by atoms with E-state index in [9.17, 15) is 4.79 Å². The van der Waals surface area contributed by atoms with Crippen molar-refractivity contribution in [3.8, 4) is 0 Å². The Balaban J connectivity index is 3.91. The highest BCUT2D eigenvalue weighted by atomic mass is 16.4. The first-order valence-electron chi connectivity index (χ1n) is 4.58. The lowest BCUT2D eigenvalue weighted by Crippen LogP contribution is -2.38. The van der Waals surface area contributed by atoms with Crippen LogP contribution < -0.4 is 27.9 Å². The number of carboxylic acids is 1. The molecule has 0 aliphatic rings. The van der Waals surface area contributed by atoms with Crippen molar-refractivity contribution in [3.05, 3.63) is 0 Å². The van der Waals surface area contributed by atoms with Gasteiger partial charge in [-0.3, -0.25) is 10.8 Å². The van der Waals surface area contributed by atoms with Crippen LogP contribution in [0.5, 0.6) is 0 Å². The third-order valence-corrected chi connectivity index (χ3v) is 1.63. The fourth-order valence-corrected chi connectivity index (χ4v) is 0.925. The molecule has 0 aromatic heterocycles. The zero-order valence-electron chi connectivity index (χ0n) is 8.73. The van der Waals surface area contributed by atoms with Gasteiger partial charge in [0.05, 0.1) is 0 Å². The predicted octanol–water partition coefficient (Wildman–Crippen LogP) is -2.52. The smallest absolute Gasteiger partial charge is 0.327 e. The molecule has 0 saturated heterocycles. The SMILES string of the molecule is N=C(N)NCCC[C@H](NN=C(N)N)C(=O)O. The number of nitrogens with zero attached hydrogens (tertiary/aromatic N) is 1. The zero-order valence-corrected chi connectivity index (χ0v) is 8.73. The number of nitrogens with two attached hydrogens (primary N) is 3. The van der Waals surface area contributed by atoms with Crippen molar-refractivity contribution >= 4 is 17.9 Å². The highest BCUT2D eigenvalue weighted by Gasteiger charge is 2.15. The van der Waals surface area contributed by atoms with E-state index in [0.29, 0.717) is 19.4 Å². The number of carboxylic acid groups (broad SMARTS) is 1. The van der Waals surface area contributed by atoms with Gasteiger partial charge in [-0.15, -0.1) is 5.10 Å². The van der Waals surface area contributed by atoms with Crippen molar-refractivity contribution < 1.29 is 9.90 Å². The minimum Gasteiger partial charge on any atom is -0.480 e. The monoisotopic (exact) mass is 231 g/mol. The molecule has 0 aliphatic heterocycles. The second-order valence-electron chi connectivity index (χ2n) is 3.04. The molecule has 0 unspecified atom stereocenters. The number of hydrogen-bond acceptors (Lipinski definition) is 4. The molecule has 0 fully saturated rings. The van der Waals surface area contributed by atoms with Gasteiger partial charge in [0.2, 0.25) is 5.96 Å². The quantitative estimate of drug-likeness (QED) is 0.109. The summed E-state index contributed by atoms with van der Waals surface area (Å²) in [6.07, 6.45) is 0.829. The number of guanidine groups is 2. The summed E-state index contributed by atoms with van der Waals surface area (Å²) in [7, 11) is 0. The molecule has 92 valence electrons. The Kier molecular flexibility index (Phi) is 6.17. The van der Waals surface area contributed by atoms with Crippen LogP contribution in [0.25, 0.3) is 0 Å². The number of carbonyl (C=O) groups is 1. The summed E-state index contributed by atoms with van der Waals surface area (Å²) < 4.78 is 0. The van der Waals surface area contributed by atoms with Crippen molar-refractivity contribution in [3.63, 3.8) is 0 Å². The van der Waals surface area contributed by atoms with E-state index in [1.165, 1.54) is 0 Å². The van der Waals surface area contributed by atoms with Crippen LogP contribution in [-0.2, 0) is 4.79 Å². The molecule has 1 atom stereocenters. The van der Waals surface area contributed by atoms with Crippen LogP contribution in [0.3, 0.4) is 0 Å². The summed E-state index contributed by atoms with van der Waals surface area (Å²) in [6.45, 7) is 0.419. The fourth-order valence-electron chi connectivity index (χ4n) is 0.925. The second-order valence-corrected chi connectivity index (χ2v) is 3.04. The standard InChI is InChI=1S/C7H17N7O2/c8-6(9)12-3-1-2-4(5(15)16)13-14-7(10)11/h4,13H,1-3H2,(H,15,16)(H4,8,9,12)(H4,10,11,14)/t4-/m0/s1. The molecule has 10 N–H and O–H groups in total. The summed E-state index contributed by atoms with van der Waals surface area (Å²) in [6, 6.07) is -0.865. The topological polar surface area (TPSA) is 176 Å². The molecule has 0 aliphatic carbocycles. The normalized spacial score (nSPS) is 11.2. The Morgan fingerprint density at radius 2 is 2.06 bits per heavy atom. The van der Waals surface area contributed by atoms with Crippen molar-refractivity contribution in [2.24, 2.45) is 22.3 Å². The van der Waals surface area contributed by atoms with Crippen LogP contribution in [0.15, 0.2) is 5.10 Å². The molecule has 0 aromatic carbocycles. The Hall–Kier alpha value is -2.19. The molecular formula is C7H17N7O2. The third-order valence-electron chi connectivity index (χ3n) is 1.63. The van der Waals surface area contributed by atoms with Crippen LogP contribution in [-0.4, -0.2) is 35.6 Å². The van der Waals surface area contributed by atoms with Gasteiger partial charge in [-0.2, -0.15) is 0 Å². The largest absolute Gasteiger partial charge is 0.480 e.